The Morgan fingerprint density at radius 3 is 1.39 bits per heavy atom. The number of likely N-dealkylation sites (tertiary alicyclic amines) is 1. The van der Waals surface area contributed by atoms with Crippen LogP contribution in [-0.2, 0) is 20.8 Å². The lowest BCUT2D eigenvalue weighted by molar-refractivity contribution is -0.913. The van der Waals surface area contributed by atoms with E-state index in [4.69, 9.17) is 0 Å². The zero-order valence-corrected chi connectivity index (χ0v) is 12.0. The minimum absolute atomic E-state index is 1.15. The van der Waals surface area contributed by atoms with Gasteiger partial charge in [0, 0.05) is 12.8 Å². The maximum atomic E-state index is 11.1. The van der Waals surface area contributed by atoms with Crippen LogP contribution in [0.3, 0.4) is 0 Å². The topological polar surface area (TPSA) is 82.4 Å². The lowest BCUT2D eigenvalue weighted by Crippen LogP contribution is -2.44. The second-order valence-electron chi connectivity index (χ2n) is 4.03. The molecule has 0 aromatic rings. The van der Waals surface area contributed by atoms with Gasteiger partial charge in [0.2, 0.25) is 20.8 Å². The van der Waals surface area contributed by atoms with Crippen molar-refractivity contribution in [3.8, 4) is 0 Å². The second kappa shape index (κ2) is 6.73. The SMILES string of the molecule is CC[N+]1(CC)CCCC1.O=S(=O)(F)[N-]S(=O)(=O)F. The predicted octanol–water partition coefficient (Wildman–Crippen LogP) is 1.43. The summed E-state index contributed by atoms with van der Waals surface area (Å²) in [5.41, 5.74) is 0. The molecule has 0 unspecified atom stereocenters. The maximum absolute atomic E-state index is 11.1. The Hall–Kier alpha value is -0.320. The Balaban J connectivity index is 0.000000321. The van der Waals surface area contributed by atoms with Gasteiger partial charge in [-0.1, -0.05) is 0 Å². The van der Waals surface area contributed by atoms with Gasteiger partial charge in [-0.05, 0) is 13.8 Å². The Kier molecular flexibility index (Phi) is 6.61. The highest BCUT2D eigenvalue weighted by Gasteiger charge is 2.27. The fraction of sp³-hybridized carbons (Fsp3) is 1.00. The van der Waals surface area contributed by atoms with E-state index >= 15 is 0 Å². The fourth-order valence-corrected chi connectivity index (χ4v) is 2.82. The summed E-state index contributed by atoms with van der Waals surface area (Å²) < 4.78 is 61.5. The van der Waals surface area contributed by atoms with Crippen LogP contribution in [0, 0.1) is 0 Å². The lowest BCUT2D eigenvalue weighted by Gasteiger charge is -2.31. The zero-order valence-electron chi connectivity index (χ0n) is 10.3. The number of halogens is 2. The van der Waals surface area contributed by atoms with Crippen LogP contribution in [-0.4, -0.2) is 47.5 Å². The van der Waals surface area contributed by atoms with Crippen molar-refractivity contribution in [1.29, 1.82) is 0 Å². The Morgan fingerprint density at radius 1 is 0.944 bits per heavy atom. The molecular formula is C8H18F2N2O4S2. The van der Waals surface area contributed by atoms with Gasteiger partial charge in [0.15, 0.2) is 0 Å². The van der Waals surface area contributed by atoms with Crippen molar-refractivity contribution in [2.24, 2.45) is 0 Å². The molecule has 10 heteroatoms. The molecule has 18 heavy (non-hydrogen) atoms. The van der Waals surface area contributed by atoms with Crippen molar-refractivity contribution in [1.82, 2.24) is 0 Å². The minimum atomic E-state index is -5.62. The van der Waals surface area contributed by atoms with Crippen molar-refractivity contribution in [3.05, 3.63) is 4.13 Å². The molecule has 0 N–H and O–H groups in total. The van der Waals surface area contributed by atoms with Crippen LogP contribution in [0.5, 0.6) is 0 Å². The van der Waals surface area contributed by atoms with Crippen LogP contribution in [0.1, 0.15) is 26.7 Å². The average Bonchev–Trinajstić information content (AvgIpc) is 2.61. The quantitative estimate of drug-likeness (QED) is 0.581. The van der Waals surface area contributed by atoms with E-state index in [0.717, 1.165) is 4.13 Å². The van der Waals surface area contributed by atoms with Gasteiger partial charge in [-0.25, -0.2) is 16.8 Å². The molecule has 1 heterocycles. The lowest BCUT2D eigenvalue weighted by atomic mass is 10.4. The molecule has 0 aromatic heterocycles. The highest BCUT2D eigenvalue weighted by molar-refractivity contribution is 8.07. The first-order chi connectivity index (χ1) is 8.04. The molecule has 1 rings (SSSR count). The molecule has 0 saturated carbocycles. The second-order valence-corrected chi connectivity index (χ2v) is 6.27. The molecule has 0 atom stereocenters. The monoisotopic (exact) mass is 308 g/mol. The van der Waals surface area contributed by atoms with Crippen molar-refractivity contribution in [2.75, 3.05) is 26.2 Å². The number of nitrogens with zero attached hydrogens (tertiary/aromatic N) is 2. The summed E-state index contributed by atoms with van der Waals surface area (Å²) >= 11 is 0. The van der Waals surface area contributed by atoms with Gasteiger partial charge in [0.1, 0.15) is 0 Å². The van der Waals surface area contributed by atoms with Crippen LogP contribution in [0.4, 0.5) is 7.77 Å². The summed E-state index contributed by atoms with van der Waals surface area (Å²) in [6.07, 6.45) is 2.92. The number of rotatable bonds is 4. The summed E-state index contributed by atoms with van der Waals surface area (Å²) in [5.74, 6) is 0. The van der Waals surface area contributed by atoms with Crippen molar-refractivity contribution in [2.45, 2.75) is 26.7 Å². The van der Waals surface area contributed by atoms with E-state index < -0.39 is 20.8 Å². The third-order valence-corrected chi connectivity index (χ3v) is 4.46. The Morgan fingerprint density at radius 2 is 1.28 bits per heavy atom. The van der Waals surface area contributed by atoms with E-state index in [9.17, 15) is 24.6 Å². The molecule has 6 nitrogen and oxygen atoms in total. The van der Waals surface area contributed by atoms with Crippen LogP contribution in [0.2, 0.25) is 0 Å². The molecule has 110 valence electrons. The predicted molar refractivity (Wildman–Crippen MR) is 63.7 cm³/mol. The molecule has 0 aromatic carbocycles. The zero-order chi connectivity index (χ0) is 14.4. The normalized spacial score (nSPS) is 19.1. The third kappa shape index (κ3) is 7.90. The van der Waals surface area contributed by atoms with E-state index in [1.165, 1.54) is 43.5 Å². The third-order valence-electron chi connectivity index (χ3n) is 3.03. The molecular weight excluding hydrogens is 290 g/mol. The summed E-state index contributed by atoms with van der Waals surface area (Å²) in [6, 6.07) is 0. The minimum Gasteiger partial charge on any atom is -0.379 e. The summed E-state index contributed by atoms with van der Waals surface area (Å²) in [4.78, 5) is 0. The average molecular weight is 308 g/mol. The van der Waals surface area contributed by atoms with E-state index in [0.29, 0.717) is 0 Å². The molecule has 0 bridgehead atoms. The molecule has 0 aliphatic carbocycles. The van der Waals surface area contributed by atoms with E-state index in [1.807, 2.05) is 0 Å². The van der Waals surface area contributed by atoms with Crippen molar-refractivity contribution < 1.29 is 29.1 Å². The van der Waals surface area contributed by atoms with E-state index in [-0.39, 0.29) is 0 Å². The fourth-order valence-electron chi connectivity index (χ4n) is 1.97. The van der Waals surface area contributed by atoms with Gasteiger partial charge in [0.05, 0.1) is 26.2 Å². The smallest absolute Gasteiger partial charge is 0.241 e. The number of quaternary nitrogens is 1. The van der Waals surface area contributed by atoms with Crippen LogP contribution in [0.15, 0.2) is 0 Å². The first-order valence-corrected chi connectivity index (χ1v) is 8.20. The highest BCUT2D eigenvalue weighted by Crippen LogP contribution is 2.17. The van der Waals surface area contributed by atoms with Crippen LogP contribution < -0.4 is 0 Å². The highest BCUT2D eigenvalue weighted by atomic mass is 32.3. The van der Waals surface area contributed by atoms with Gasteiger partial charge in [-0.3, -0.25) is 0 Å². The molecule has 0 spiro atoms. The van der Waals surface area contributed by atoms with Crippen LogP contribution in [0.25, 0.3) is 4.13 Å². The number of hydrogen-bond donors (Lipinski definition) is 0. The molecule has 1 aliphatic heterocycles. The maximum Gasteiger partial charge on any atom is 0.241 e. The van der Waals surface area contributed by atoms with Gasteiger partial charge in [-0.2, -0.15) is 0 Å². The molecule has 0 radical (unpaired) electrons. The van der Waals surface area contributed by atoms with Gasteiger partial charge in [0.25, 0.3) is 0 Å². The summed E-state index contributed by atoms with van der Waals surface area (Å²) in [7, 11) is -11.2. The summed E-state index contributed by atoms with van der Waals surface area (Å²) in [5, 5.41) is 0. The first-order valence-electron chi connectivity index (χ1n) is 5.52. The van der Waals surface area contributed by atoms with Crippen molar-refractivity contribution >= 4 is 20.8 Å². The molecule has 1 aliphatic rings. The molecule has 0 amide bonds. The van der Waals surface area contributed by atoms with E-state index in [1.54, 1.807) is 0 Å². The van der Waals surface area contributed by atoms with Gasteiger partial charge >= 0.3 is 0 Å². The largest absolute Gasteiger partial charge is 0.379 e. The van der Waals surface area contributed by atoms with Crippen molar-refractivity contribution in [3.63, 3.8) is 0 Å². The number of hydrogen-bond acceptors (Lipinski definition) is 4. The van der Waals surface area contributed by atoms with Crippen LogP contribution >= 0.6 is 0 Å². The first kappa shape index (κ1) is 17.7. The molecule has 1 saturated heterocycles. The van der Waals surface area contributed by atoms with Gasteiger partial charge in [-0.15, -0.1) is 7.77 Å². The Bertz CT molecular complexity index is 408. The molecule has 1 fully saturated rings. The Labute approximate surface area is 107 Å². The van der Waals surface area contributed by atoms with Gasteiger partial charge < -0.3 is 8.61 Å². The standard InChI is InChI=1S/C8H18N.F2NO4S2/c1-3-9(4-2)7-5-6-8-9;1-8(4,5)3-9(2,6)7/h3-8H2,1-2H3;/q+1;-1. The summed E-state index contributed by atoms with van der Waals surface area (Å²) in [6.45, 7) is 10.2. The van der Waals surface area contributed by atoms with E-state index in [2.05, 4.69) is 13.8 Å².